The first-order chi connectivity index (χ1) is 12.5. The Morgan fingerprint density at radius 1 is 1.27 bits per heavy atom. The molecule has 134 valence electrons. The molecule has 8 heteroatoms. The Hall–Kier alpha value is -2.87. The minimum atomic E-state index is -0.342. The number of aromatic nitrogens is 2. The molecule has 1 aromatic heterocycles. The molecule has 3 aromatic rings. The van der Waals surface area contributed by atoms with Crippen molar-refractivity contribution in [3.8, 4) is 17.2 Å². The van der Waals surface area contributed by atoms with E-state index < -0.39 is 0 Å². The molecule has 0 unspecified atom stereocenters. The quantitative estimate of drug-likeness (QED) is 0.660. The van der Waals surface area contributed by atoms with Gasteiger partial charge in [0, 0.05) is 11.3 Å². The first-order valence-electron chi connectivity index (χ1n) is 7.72. The summed E-state index contributed by atoms with van der Waals surface area (Å²) in [7, 11) is 1.58. The van der Waals surface area contributed by atoms with Crippen molar-refractivity contribution in [1.29, 1.82) is 0 Å². The van der Waals surface area contributed by atoms with Gasteiger partial charge in [0.1, 0.15) is 11.6 Å². The van der Waals surface area contributed by atoms with E-state index >= 15 is 0 Å². The van der Waals surface area contributed by atoms with E-state index in [2.05, 4.69) is 15.5 Å². The van der Waals surface area contributed by atoms with Crippen molar-refractivity contribution in [3.05, 3.63) is 53.8 Å². The first kappa shape index (κ1) is 17.9. The number of ether oxygens (including phenoxy) is 1. The van der Waals surface area contributed by atoms with E-state index in [1.54, 1.807) is 20.1 Å². The summed E-state index contributed by atoms with van der Waals surface area (Å²) >= 11 is 1.12. The molecule has 1 N–H and O–H groups in total. The number of benzene rings is 2. The Kier molecular flexibility index (Phi) is 5.52. The number of hydrogen-bond acceptors (Lipinski definition) is 6. The van der Waals surface area contributed by atoms with Crippen LogP contribution >= 0.6 is 11.8 Å². The van der Waals surface area contributed by atoms with Gasteiger partial charge >= 0.3 is 0 Å². The molecule has 0 aliphatic heterocycles. The van der Waals surface area contributed by atoms with Crippen LogP contribution in [-0.2, 0) is 4.79 Å². The molecule has 0 aliphatic rings. The minimum Gasteiger partial charge on any atom is -0.497 e. The Morgan fingerprint density at radius 3 is 2.88 bits per heavy atom. The smallest absolute Gasteiger partial charge is 0.277 e. The third-order valence-electron chi connectivity index (χ3n) is 3.51. The summed E-state index contributed by atoms with van der Waals surface area (Å²) in [6.45, 7) is 1.73. The third-order valence-corrected chi connectivity index (χ3v) is 4.33. The van der Waals surface area contributed by atoms with E-state index in [1.165, 1.54) is 18.2 Å². The number of anilines is 1. The molecule has 1 amide bonds. The van der Waals surface area contributed by atoms with Crippen LogP contribution in [0.1, 0.15) is 5.56 Å². The van der Waals surface area contributed by atoms with Gasteiger partial charge in [-0.3, -0.25) is 4.79 Å². The zero-order valence-corrected chi connectivity index (χ0v) is 15.0. The molecule has 0 atom stereocenters. The van der Waals surface area contributed by atoms with E-state index in [1.807, 2.05) is 18.2 Å². The van der Waals surface area contributed by atoms with Crippen molar-refractivity contribution in [2.45, 2.75) is 12.1 Å². The number of methoxy groups -OCH3 is 1. The predicted molar refractivity (Wildman–Crippen MR) is 96.8 cm³/mol. The number of thioether (sulfide) groups is 1. The van der Waals surface area contributed by atoms with Crippen molar-refractivity contribution in [2.24, 2.45) is 0 Å². The maximum Gasteiger partial charge on any atom is 0.277 e. The molecule has 0 saturated heterocycles. The normalized spacial score (nSPS) is 10.6. The maximum absolute atomic E-state index is 13.1. The fraction of sp³-hybridized carbons (Fsp3) is 0.167. The average Bonchev–Trinajstić information content (AvgIpc) is 3.11. The molecule has 0 fully saturated rings. The average molecular weight is 373 g/mol. The molecular weight excluding hydrogens is 357 g/mol. The first-order valence-corrected chi connectivity index (χ1v) is 8.70. The Bertz CT molecular complexity index is 930. The van der Waals surface area contributed by atoms with Gasteiger partial charge < -0.3 is 14.5 Å². The zero-order chi connectivity index (χ0) is 18.5. The molecule has 0 aliphatic carbocycles. The van der Waals surface area contributed by atoms with Crippen LogP contribution in [0.3, 0.4) is 0 Å². The standard InChI is InChI=1S/C18H16FN3O3S/c1-11-8-13(19)6-7-15(11)20-16(23)10-26-18-22-21-17(25-18)12-4-3-5-14(9-12)24-2/h3-9H,10H2,1-2H3,(H,20,23). The van der Waals surface area contributed by atoms with Crippen LogP contribution < -0.4 is 10.1 Å². The summed E-state index contributed by atoms with van der Waals surface area (Å²) < 4.78 is 23.8. The van der Waals surface area contributed by atoms with Crippen molar-refractivity contribution in [3.63, 3.8) is 0 Å². The molecule has 26 heavy (non-hydrogen) atoms. The number of aryl methyl sites for hydroxylation is 1. The Balaban J connectivity index is 1.60. The van der Waals surface area contributed by atoms with Crippen molar-refractivity contribution >= 4 is 23.4 Å². The van der Waals surface area contributed by atoms with Gasteiger partial charge in [-0.2, -0.15) is 0 Å². The molecule has 0 spiro atoms. The molecular formula is C18H16FN3O3S. The fourth-order valence-electron chi connectivity index (χ4n) is 2.22. The summed E-state index contributed by atoms with van der Waals surface area (Å²) in [5.74, 6) is 0.540. The lowest BCUT2D eigenvalue weighted by molar-refractivity contribution is -0.113. The van der Waals surface area contributed by atoms with Gasteiger partial charge in [-0.1, -0.05) is 17.8 Å². The molecule has 2 aromatic carbocycles. The second-order valence-corrected chi connectivity index (χ2v) is 6.33. The minimum absolute atomic E-state index is 0.0938. The lowest BCUT2D eigenvalue weighted by atomic mass is 10.2. The van der Waals surface area contributed by atoms with E-state index in [0.717, 1.165) is 17.3 Å². The van der Waals surface area contributed by atoms with Gasteiger partial charge in [-0.25, -0.2) is 4.39 Å². The summed E-state index contributed by atoms with van der Waals surface area (Å²) in [5.41, 5.74) is 1.95. The molecule has 0 saturated carbocycles. The number of halogens is 1. The summed E-state index contributed by atoms with van der Waals surface area (Å²) in [5, 5.41) is 10.9. The van der Waals surface area contributed by atoms with Crippen LogP contribution in [0.5, 0.6) is 5.75 Å². The van der Waals surface area contributed by atoms with Crippen LogP contribution in [0.25, 0.3) is 11.5 Å². The lowest BCUT2D eigenvalue weighted by Gasteiger charge is -2.07. The highest BCUT2D eigenvalue weighted by atomic mass is 32.2. The van der Waals surface area contributed by atoms with Crippen LogP contribution in [0.15, 0.2) is 52.1 Å². The van der Waals surface area contributed by atoms with Crippen LogP contribution in [0, 0.1) is 12.7 Å². The highest BCUT2D eigenvalue weighted by Gasteiger charge is 2.12. The van der Waals surface area contributed by atoms with E-state index in [-0.39, 0.29) is 22.7 Å². The van der Waals surface area contributed by atoms with Crippen molar-refractivity contribution < 1.29 is 18.3 Å². The predicted octanol–water partition coefficient (Wildman–Crippen LogP) is 3.92. The SMILES string of the molecule is COc1cccc(-c2nnc(SCC(=O)Nc3ccc(F)cc3C)o2)c1. The zero-order valence-electron chi connectivity index (χ0n) is 14.2. The van der Waals surface area contributed by atoms with Crippen LogP contribution in [0.4, 0.5) is 10.1 Å². The monoisotopic (exact) mass is 373 g/mol. The van der Waals surface area contributed by atoms with Gasteiger partial charge in [0.15, 0.2) is 0 Å². The van der Waals surface area contributed by atoms with Gasteiger partial charge in [0.2, 0.25) is 11.8 Å². The molecule has 1 heterocycles. The summed E-state index contributed by atoms with van der Waals surface area (Å²) in [4.78, 5) is 12.1. The lowest BCUT2D eigenvalue weighted by Crippen LogP contribution is -2.14. The highest BCUT2D eigenvalue weighted by Crippen LogP contribution is 2.26. The number of rotatable bonds is 6. The number of nitrogens with zero attached hydrogens (tertiary/aromatic N) is 2. The van der Waals surface area contributed by atoms with Gasteiger partial charge in [-0.05, 0) is 48.9 Å². The molecule has 0 radical (unpaired) electrons. The Labute approximate surface area is 153 Å². The number of carbonyl (C=O) groups excluding carboxylic acids is 1. The summed E-state index contributed by atoms with van der Waals surface area (Å²) in [6, 6.07) is 11.4. The number of amides is 1. The topological polar surface area (TPSA) is 77.2 Å². The van der Waals surface area contributed by atoms with E-state index in [9.17, 15) is 9.18 Å². The maximum atomic E-state index is 13.1. The number of carbonyl (C=O) groups is 1. The van der Waals surface area contributed by atoms with Gasteiger partial charge in [0.25, 0.3) is 5.22 Å². The highest BCUT2D eigenvalue weighted by molar-refractivity contribution is 7.99. The van der Waals surface area contributed by atoms with Crippen LogP contribution in [-0.4, -0.2) is 29.0 Å². The van der Waals surface area contributed by atoms with Gasteiger partial charge in [-0.15, -0.1) is 10.2 Å². The molecule has 6 nitrogen and oxygen atoms in total. The summed E-state index contributed by atoms with van der Waals surface area (Å²) in [6.07, 6.45) is 0. The second kappa shape index (κ2) is 8.01. The second-order valence-electron chi connectivity index (χ2n) is 5.40. The fourth-order valence-corrected chi connectivity index (χ4v) is 2.78. The van der Waals surface area contributed by atoms with Gasteiger partial charge in [0.05, 0.1) is 12.9 Å². The molecule has 0 bridgehead atoms. The van der Waals surface area contributed by atoms with E-state index in [4.69, 9.17) is 9.15 Å². The largest absolute Gasteiger partial charge is 0.497 e. The van der Waals surface area contributed by atoms with E-state index in [0.29, 0.717) is 22.9 Å². The molecule has 3 rings (SSSR count). The number of hydrogen-bond donors (Lipinski definition) is 1. The van der Waals surface area contributed by atoms with Crippen molar-refractivity contribution in [1.82, 2.24) is 10.2 Å². The van der Waals surface area contributed by atoms with Crippen LogP contribution in [0.2, 0.25) is 0 Å². The third kappa shape index (κ3) is 4.40. The van der Waals surface area contributed by atoms with Crippen molar-refractivity contribution in [2.75, 3.05) is 18.2 Å². The Morgan fingerprint density at radius 2 is 2.12 bits per heavy atom. The number of nitrogens with one attached hydrogen (secondary N) is 1.